The van der Waals surface area contributed by atoms with Gasteiger partial charge in [-0.1, -0.05) is 48.0 Å². The largest absolute Gasteiger partial charge is 0.394 e. The first-order chi connectivity index (χ1) is 10.8. The van der Waals surface area contributed by atoms with E-state index in [1.54, 1.807) is 0 Å². The molecule has 1 aromatic heterocycles. The van der Waals surface area contributed by atoms with Crippen LogP contribution in [0.25, 0.3) is 11.4 Å². The second kappa shape index (κ2) is 6.68. The lowest BCUT2D eigenvalue weighted by atomic mass is 9.99. The van der Waals surface area contributed by atoms with Crippen LogP contribution in [0.1, 0.15) is 11.1 Å². The second-order valence-electron chi connectivity index (χ2n) is 4.90. The molecule has 0 atom stereocenters. The van der Waals surface area contributed by atoms with E-state index in [4.69, 9.17) is 16.7 Å². The predicted octanol–water partition coefficient (Wildman–Crippen LogP) is 2.58. The highest BCUT2D eigenvalue weighted by molar-refractivity contribution is 6.30. The highest BCUT2D eigenvalue weighted by atomic mass is 35.5. The van der Waals surface area contributed by atoms with Gasteiger partial charge in [-0.15, -0.1) is 10.2 Å². The normalized spacial score (nSPS) is 10.8. The Labute approximate surface area is 133 Å². The van der Waals surface area contributed by atoms with Crippen molar-refractivity contribution < 1.29 is 5.11 Å². The second-order valence-corrected chi connectivity index (χ2v) is 5.33. The molecule has 0 saturated carbocycles. The van der Waals surface area contributed by atoms with E-state index in [-0.39, 0.29) is 6.61 Å². The molecular weight excluding hydrogens is 300 g/mol. The first-order valence-corrected chi connectivity index (χ1v) is 7.35. The Morgan fingerprint density at radius 2 is 1.95 bits per heavy atom. The van der Waals surface area contributed by atoms with E-state index in [2.05, 4.69) is 15.4 Å². The molecule has 22 heavy (non-hydrogen) atoms. The molecular formula is C16H15ClN4O. The Balaban J connectivity index is 1.92. The average molecular weight is 315 g/mol. The molecule has 0 spiro atoms. The van der Waals surface area contributed by atoms with Gasteiger partial charge >= 0.3 is 0 Å². The number of tetrazole rings is 1. The molecule has 5 nitrogen and oxygen atoms in total. The third-order valence-corrected chi connectivity index (χ3v) is 3.53. The number of rotatable bonds is 5. The molecule has 3 aromatic rings. The molecule has 0 bridgehead atoms. The van der Waals surface area contributed by atoms with Crippen molar-refractivity contribution in [2.75, 3.05) is 6.61 Å². The summed E-state index contributed by atoms with van der Waals surface area (Å²) in [5.74, 6) is 0.561. The minimum absolute atomic E-state index is 0.0139. The Bertz CT molecular complexity index is 772. The molecule has 2 aromatic carbocycles. The molecule has 0 aliphatic rings. The summed E-state index contributed by atoms with van der Waals surface area (Å²) in [4.78, 5) is 1.39. The van der Waals surface area contributed by atoms with Crippen molar-refractivity contribution in [1.82, 2.24) is 20.2 Å². The zero-order valence-corrected chi connectivity index (χ0v) is 12.6. The summed E-state index contributed by atoms with van der Waals surface area (Å²) in [7, 11) is 0. The quantitative estimate of drug-likeness (QED) is 0.786. The summed E-state index contributed by atoms with van der Waals surface area (Å²) in [6.45, 7) is 0.323. The molecule has 1 heterocycles. The average Bonchev–Trinajstić information content (AvgIpc) is 2.97. The summed E-state index contributed by atoms with van der Waals surface area (Å²) in [5.41, 5.74) is 3.17. The minimum Gasteiger partial charge on any atom is -0.394 e. The van der Waals surface area contributed by atoms with E-state index >= 15 is 0 Å². The molecule has 0 saturated heterocycles. The summed E-state index contributed by atoms with van der Waals surface area (Å²) in [6, 6.07) is 15.7. The Morgan fingerprint density at radius 1 is 1.09 bits per heavy atom. The minimum atomic E-state index is -0.0139. The van der Waals surface area contributed by atoms with Gasteiger partial charge in [-0.25, -0.2) is 0 Å². The van der Waals surface area contributed by atoms with Gasteiger partial charge in [-0.2, -0.15) is 4.80 Å². The van der Waals surface area contributed by atoms with Gasteiger partial charge in [0.25, 0.3) is 0 Å². The SMILES string of the molecule is OCCn1nnc(-c2ccccc2Cc2cccc(Cl)c2)n1. The van der Waals surface area contributed by atoms with Crippen LogP contribution in [-0.2, 0) is 13.0 Å². The highest BCUT2D eigenvalue weighted by Gasteiger charge is 2.11. The van der Waals surface area contributed by atoms with Crippen LogP contribution in [0.15, 0.2) is 48.5 Å². The van der Waals surface area contributed by atoms with Crippen LogP contribution in [0, 0.1) is 0 Å². The number of hydrogen-bond acceptors (Lipinski definition) is 4. The zero-order valence-electron chi connectivity index (χ0n) is 11.9. The van der Waals surface area contributed by atoms with Gasteiger partial charge in [-0.3, -0.25) is 0 Å². The van der Waals surface area contributed by atoms with Crippen molar-refractivity contribution in [3.05, 3.63) is 64.7 Å². The third kappa shape index (κ3) is 3.32. The van der Waals surface area contributed by atoms with E-state index in [1.807, 2.05) is 48.5 Å². The van der Waals surface area contributed by atoms with Gasteiger partial charge in [0.1, 0.15) is 0 Å². The molecule has 112 valence electrons. The lowest BCUT2D eigenvalue weighted by molar-refractivity contribution is 0.259. The van der Waals surface area contributed by atoms with Crippen LogP contribution in [0.5, 0.6) is 0 Å². The van der Waals surface area contributed by atoms with Crippen LogP contribution < -0.4 is 0 Å². The first-order valence-electron chi connectivity index (χ1n) is 6.97. The van der Waals surface area contributed by atoms with Crippen molar-refractivity contribution in [2.24, 2.45) is 0 Å². The summed E-state index contributed by atoms with van der Waals surface area (Å²) in [6.07, 6.45) is 0.741. The number of aliphatic hydroxyl groups is 1. The van der Waals surface area contributed by atoms with Gasteiger partial charge < -0.3 is 5.11 Å². The monoisotopic (exact) mass is 314 g/mol. The fraction of sp³-hybridized carbons (Fsp3) is 0.188. The van der Waals surface area contributed by atoms with Gasteiger partial charge in [0, 0.05) is 10.6 Å². The first kappa shape index (κ1) is 14.7. The zero-order chi connectivity index (χ0) is 15.4. The smallest absolute Gasteiger partial charge is 0.205 e. The fourth-order valence-corrected chi connectivity index (χ4v) is 2.51. The van der Waals surface area contributed by atoms with E-state index in [9.17, 15) is 0 Å². The number of aromatic nitrogens is 4. The summed E-state index contributed by atoms with van der Waals surface area (Å²) in [5, 5.41) is 22.0. The third-order valence-electron chi connectivity index (χ3n) is 3.29. The lowest BCUT2D eigenvalue weighted by Gasteiger charge is -2.07. The van der Waals surface area contributed by atoms with Gasteiger partial charge in [0.15, 0.2) is 0 Å². The number of hydrogen-bond donors (Lipinski definition) is 1. The van der Waals surface area contributed by atoms with Crippen LogP contribution in [-0.4, -0.2) is 31.9 Å². The molecule has 1 N–H and O–H groups in total. The van der Waals surface area contributed by atoms with Gasteiger partial charge in [0.2, 0.25) is 5.82 Å². The van der Waals surface area contributed by atoms with E-state index in [0.717, 1.165) is 28.1 Å². The number of aliphatic hydroxyl groups excluding tert-OH is 1. The van der Waals surface area contributed by atoms with Crippen LogP contribution in [0.4, 0.5) is 0 Å². The Kier molecular flexibility index (Phi) is 4.46. The number of nitrogens with zero attached hydrogens (tertiary/aromatic N) is 4. The van der Waals surface area contributed by atoms with Crippen molar-refractivity contribution in [1.29, 1.82) is 0 Å². The van der Waals surface area contributed by atoms with Gasteiger partial charge in [-0.05, 0) is 34.9 Å². The fourth-order valence-electron chi connectivity index (χ4n) is 2.29. The van der Waals surface area contributed by atoms with Crippen molar-refractivity contribution in [3.63, 3.8) is 0 Å². The molecule has 0 aliphatic heterocycles. The Morgan fingerprint density at radius 3 is 2.77 bits per heavy atom. The van der Waals surface area contributed by atoms with Crippen molar-refractivity contribution >= 4 is 11.6 Å². The standard InChI is InChI=1S/C16H15ClN4O/c17-14-6-3-4-12(11-14)10-13-5-1-2-7-15(13)16-18-20-21(19-16)8-9-22/h1-7,11,22H,8-10H2. The molecule has 0 aliphatic carbocycles. The molecule has 0 fully saturated rings. The van der Waals surface area contributed by atoms with Crippen molar-refractivity contribution in [3.8, 4) is 11.4 Å². The van der Waals surface area contributed by atoms with Crippen LogP contribution in [0.3, 0.4) is 0 Å². The molecule has 0 amide bonds. The summed E-state index contributed by atoms with van der Waals surface area (Å²) < 4.78 is 0. The predicted molar refractivity (Wildman–Crippen MR) is 84.6 cm³/mol. The van der Waals surface area contributed by atoms with E-state index in [0.29, 0.717) is 12.4 Å². The molecule has 0 unspecified atom stereocenters. The van der Waals surface area contributed by atoms with E-state index in [1.165, 1.54) is 4.80 Å². The lowest BCUT2D eigenvalue weighted by Crippen LogP contribution is -2.05. The van der Waals surface area contributed by atoms with Crippen LogP contribution >= 0.6 is 11.6 Å². The van der Waals surface area contributed by atoms with Crippen LogP contribution in [0.2, 0.25) is 5.02 Å². The summed E-state index contributed by atoms with van der Waals surface area (Å²) >= 11 is 6.04. The molecule has 6 heteroatoms. The molecule has 0 radical (unpaired) electrons. The maximum absolute atomic E-state index is 8.93. The van der Waals surface area contributed by atoms with Crippen molar-refractivity contribution in [2.45, 2.75) is 13.0 Å². The maximum Gasteiger partial charge on any atom is 0.205 e. The number of halogens is 1. The van der Waals surface area contributed by atoms with E-state index < -0.39 is 0 Å². The number of benzene rings is 2. The molecule has 3 rings (SSSR count). The maximum atomic E-state index is 8.93. The Hall–Kier alpha value is -2.24. The highest BCUT2D eigenvalue weighted by Crippen LogP contribution is 2.23. The topological polar surface area (TPSA) is 63.8 Å². The van der Waals surface area contributed by atoms with Gasteiger partial charge in [0.05, 0.1) is 13.2 Å².